The van der Waals surface area contributed by atoms with E-state index in [0.717, 1.165) is 18.5 Å². The zero-order chi connectivity index (χ0) is 16.9. The molecule has 1 aliphatic carbocycles. The van der Waals surface area contributed by atoms with E-state index in [4.69, 9.17) is 9.52 Å². The number of carboxylic acids is 1. The lowest BCUT2D eigenvalue weighted by Crippen LogP contribution is -2.29. The van der Waals surface area contributed by atoms with Crippen molar-refractivity contribution in [1.82, 2.24) is 0 Å². The van der Waals surface area contributed by atoms with Gasteiger partial charge in [-0.2, -0.15) is 0 Å². The van der Waals surface area contributed by atoms with Crippen LogP contribution >= 0.6 is 0 Å². The van der Waals surface area contributed by atoms with E-state index in [0.29, 0.717) is 24.6 Å². The molecule has 0 spiro atoms. The van der Waals surface area contributed by atoms with Gasteiger partial charge in [-0.1, -0.05) is 0 Å². The van der Waals surface area contributed by atoms with Gasteiger partial charge in [0.15, 0.2) is 5.76 Å². The lowest BCUT2D eigenvalue weighted by Gasteiger charge is -2.27. The SMILES string of the molecule is O=C(Nc1ccc(NC2CCC(C(=O)O)CC2)cc1)c1ccco1. The maximum Gasteiger partial charge on any atom is 0.306 e. The summed E-state index contributed by atoms with van der Waals surface area (Å²) in [6, 6.07) is 11.0. The Morgan fingerprint density at radius 2 is 1.67 bits per heavy atom. The molecule has 1 aromatic carbocycles. The van der Waals surface area contributed by atoms with Crippen LogP contribution in [-0.4, -0.2) is 23.0 Å². The number of nitrogens with one attached hydrogen (secondary N) is 2. The van der Waals surface area contributed by atoms with Gasteiger partial charge in [0.25, 0.3) is 5.91 Å². The number of hydrogen-bond acceptors (Lipinski definition) is 4. The maximum absolute atomic E-state index is 11.9. The summed E-state index contributed by atoms with van der Waals surface area (Å²) in [6.07, 6.45) is 4.59. The Morgan fingerprint density at radius 3 is 2.25 bits per heavy atom. The first-order valence-electron chi connectivity index (χ1n) is 8.06. The van der Waals surface area contributed by atoms with Crippen LogP contribution in [0.4, 0.5) is 11.4 Å². The molecule has 0 aliphatic heterocycles. The quantitative estimate of drug-likeness (QED) is 0.780. The Morgan fingerprint density at radius 1 is 1.00 bits per heavy atom. The normalized spacial score (nSPS) is 20.3. The molecule has 1 amide bonds. The van der Waals surface area contributed by atoms with Gasteiger partial charge in [0.2, 0.25) is 0 Å². The summed E-state index contributed by atoms with van der Waals surface area (Å²) in [7, 11) is 0. The second kappa shape index (κ2) is 7.21. The summed E-state index contributed by atoms with van der Waals surface area (Å²) in [4.78, 5) is 22.9. The van der Waals surface area contributed by atoms with Crippen LogP contribution in [0, 0.1) is 5.92 Å². The highest BCUT2D eigenvalue weighted by Gasteiger charge is 2.25. The Hall–Kier alpha value is -2.76. The van der Waals surface area contributed by atoms with Crippen LogP contribution in [0.25, 0.3) is 0 Å². The van der Waals surface area contributed by atoms with Gasteiger partial charge in [-0.05, 0) is 62.1 Å². The van der Waals surface area contributed by atoms with E-state index in [1.165, 1.54) is 6.26 Å². The minimum atomic E-state index is -0.690. The number of rotatable bonds is 5. The first-order chi connectivity index (χ1) is 11.6. The van der Waals surface area contributed by atoms with E-state index < -0.39 is 5.97 Å². The fourth-order valence-electron chi connectivity index (χ4n) is 2.97. The first kappa shape index (κ1) is 16.1. The van der Waals surface area contributed by atoms with Gasteiger partial charge < -0.3 is 20.2 Å². The lowest BCUT2D eigenvalue weighted by molar-refractivity contribution is -0.142. The van der Waals surface area contributed by atoms with Crippen molar-refractivity contribution >= 4 is 23.3 Å². The monoisotopic (exact) mass is 328 g/mol. The zero-order valence-corrected chi connectivity index (χ0v) is 13.2. The predicted octanol–water partition coefficient (Wildman–Crippen LogP) is 3.59. The van der Waals surface area contributed by atoms with E-state index in [-0.39, 0.29) is 17.6 Å². The molecule has 1 saturated carbocycles. The highest BCUT2D eigenvalue weighted by molar-refractivity contribution is 6.02. The van der Waals surface area contributed by atoms with Crippen LogP contribution in [0.2, 0.25) is 0 Å². The fourth-order valence-corrected chi connectivity index (χ4v) is 2.97. The van der Waals surface area contributed by atoms with E-state index in [9.17, 15) is 9.59 Å². The summed E-state index contributed by atoms with van der Waals surface area (Å²) in [5.41, 5.74) is 1.65. The van der Waals surface area contributed by atoms with E-state index in [1.807, 2.05) is 24.3 Å². The van der Waals surface area contributed by atoms with Gasteiger partial charge in [0.1, 0.15) is 0 Å². The Balaban J connectivity index is 1.52. The smallest absolute Gasteiger partial charge is 0.306 e. The molecule has 3 rings (SSSR count). The van der Waals surface area contributed by atoms with Crippen LogP contribution < -0.4 is 10.6 Å². The summed E-state index contributed by atoms with van der Waals surface area (Å²) in [5, 5.41) is 15.2. The largest absolute Gasteiger partial charge is 0.481 e. The second-order valence-corrected chi connectivity index (χ2v) is 6.04. The number of benzene rings is 1. The zero-order valence-electron chi connectivity index (χ0n) is 13.2. The molecule has 0 bridgehead atoms. The Labute approximate surface area is 139 Å². The van der Waals surface area contributed by atoms with Crippen LogP contribution in [0.3, 0.4) is 0 Å². The predicted molar refractivity (Wildman–Crippen MR) is 90.1 cm³/mol. The summed E-state index contributed by atoms with van der Waals surface area (Å²) in [5.74, 6) is -0.910. The summed E-state index contributed by atoms with van der Waals surface area (Å²) >= 11 is 0. The highest BCUT2D eigenvalue weighted by Crippen LogP contribution is 2.27. The molecule has 24 heavy (non-hydrogen) atoms. The van der Waals surface area contributed by atoms with Crippen molar-refractivity contribution in [3.63, 3.8) is 0 Å². The van der Waals surface area contributed by atoms with Crippen molar-refractivity contribution in [2.45, 2.75) is 31.7 Å². The molecule has 126 valence electrons. The number of hydrogen-bond donors (Lipinski definition) is 3. The fraction of sp³-hybridized carbons (Fsp3) is 0.333. The van der Waals surface area contributed by atoms with Crippen molar-refractivity contribution < 1.29 is 19.1 Å². The third-order valence-electron chi connectivity index (χ3n) is 4.33. The van der Waals surface area contributed by atoms with Crippen molar-refractivity contribution in [3.05, 3.63) is 48.4 Å². The number of carbonyl (C=O) groups is 2. The first-order valence-corrected chi connectivity index (χ1v) is 8.06. The minimum absolute atomic E-state index is 0.206. The number of carboxylic acid groups (broad SMARTS) is 1. The average molecular weight is 328 g/mol. The van der Waals surface area contributed by atoms with Crippen molar-refractivity contribution in [2.75, 3.05) is 10.6 Å². The van der Waals surface area contributed by atoms with Gasteiger partial charge in [0, 0.05) is 17.4 Å². The van der Waals surface area contributed by atoms with Gasteiger partial charge in [0.05, 0.1) is 12.2 Å². The average Bonchev–Trinajstić information content (AvgIpc) is 3.12. The van der Waals surface area contributed by atoms with E-state index in [1.54, 1.807) is 12.1 Å². The summed E-state index contributed by atoms with van der Waals surface area (Å²) < 4.78 is 5.05. The minimum Gasteiger partial charge on any atom is -0.481 e. The number of amides is 1. The number of anilines is 2. The molecule has 1 aromatic heterocycles. The number of aliphatic carboxylic acids is 1. The maximum atomic E-state index is 11.9. The molecule has 0 saturated heterocycles. The van der Waals surface area contributed by atoms with Crippen molar-refractivity contribution in [2.24, 2.45) is 5.92 Å². The lowest BCUT2D eigenvalue weighted by atomic mass is 9.86. The molecular weight excluding hydrogens is 308 g/mol. The second-order valence-electron chi connectivity index (χ2n) is 6.04. The molecule has 6 heteroatoms. The van der Waals surface area contributed by atoms with Crippen molar-refractivity contribution in [1.29, 1.82) is 0 Å². The molecule has 0 atom stereocenters. The van der Waals surface area contributed by atoms with Gasteiger partial charge in [-0.25, -0.2) is 0 Å². The molecule has 2 aromatic rings. The molecule has 0 unspecified atom stereocenters. The third kappa shape index (κ3) is 3.95. The number of carbonyl (C=O) groups excluding carboxylic acids is 1. The summed E-state index contributed by atoms with van der Waals surface area (Å²) in [6.45, 7) is 0. The highest BCUT2D eigenvalue weighted by atomic mass is 16.4. The third-order valence-corrected chi connectivity index (χ3v) is 4.33. The van der Waals surface area contributed by atoms with Crippen LogP contribution in [0.1, 0.15) is 36.2 Å². The van der Waals surface area contributed by atoms with Crippen LogP contribution in [-0.2, 0) is 4.79 Å². The molecule has 6 nitrogen and oxygen atoms in total. The molecule has 1 heterocycles. The number of furan rings is 1. The molecule has 3 N–H and O–H groups in total. The van der Waals surface area contributed by atoms with Crippen LogP contribution in [0.5, 0.6) is 0 Å². The molecule has 0 radical (unpaired) electrons. The topological polar surface area (TPSA) is 91.6 Å². The van der Waals surface area contributed by atoms with Crippen LogP contribution in [0.15, 0.2) is 47.1 Å². The van der Waals surface area contributed by atoms with Gasteiger partial charge in [-0.3, -0.25) is 9.59 Å². The molecular formula is C18H20N2O4. The Bertz CT molecular complexity index is 686. The van der Waals surface area contributed by atoms with E-state index >= 15 is 0 Å². The molecule has 1 fully saturated rings. The van der Waals surface area contributed by atoms with Gasteiger partial charge >= 0.3 is 5.97 Å². The Kier molecular flexibility index (Phi) is 4.84. The standard InChI is InChI=1S/C18H20N2O4/c21-17(16-2-1-11-24-16)20-15-9-7-14(8-10-15)19-13-5-3-12(4-6-13)18(22)23/h1-2,7-13,19H,3-6H2,(H,20,21)(H,22,23). The molecule has 1 aliphatic rings. The van der Waals surface area contributed by atoms with Crippen molar-refractivity contribution in [3.8, 4) is 0 Å². The van der Waals surface area contributed by atoms with Gasteiger partial charge in [-0.15, -0.1) is 0 Å². The van der Waals surface area contributed by atoms with E-state index in [2.05, 4.69) is 10.6 Å².